The van der Waals surface area contributed by atoms with Crippen molar-refractivity contribution in [3.63, 3.8) is 0 Å². The van der Waals surface area contributed by atoms with Crippen LogP contribution in [0.3, 0.4) is 0 Å². The largest absolute Gasteiger partial charge is 0.496 e. The third kappa shape index (κ3) is 3.33. The molecule has 0 unspecified atom stereocenters. The van der Waals surface area contributed by atoms with Gasteiger partial charge in [0.2, 0.25) is 5.13 Å². The molecule has 0 bridgehead atoms. The standard InChI is InChI=1S/C13H13N3O3S/c1-8-7-20-13(15-8)16-14-6-9-3-4-10(12(17)18)11(5-9)19-2/h3-7H,1-2H3,(H,15,16)(H,17,18). The molecule has 0 aliphatic heterocycles. The molecule has 1 heterocycles. The molecule has 2 N–H and O–H groups in total. The molecule has 0 saturated heterocycles. The van der Waals surface area contributed by atoms with Crippen LogP contribution in [0.1, 0.15) is 21.6 Å². The summed E-state index contributed by atoms with van der Waals surface area (Å²) in [7, 11) is 1.43. The Morgan fingerprint density at radius 2 is 2.35 bits per heavy atom. The lowest BCUT2D eigenvalue weighted by atomic mass is 10.1. The van der Waals surface area contributed by atoms with E-state index in [1.165, 1.54) is 24.5 Å². The summed E-state index contributed by atoms with van der Waals surface area (Å²) in [6, 6.07) is 4.75. The van der Waals surface area contributed by atoms with Crippen LogP contribution in [0, 0.1) is 6.92 Å². The van der Waals surface area contributed by atoms with Crippen molar-refractivity contribution >= 4 is 28.7 Å². The average molecular weight is 291 g/mol. The number of nitrogens with one attached hydrogen (secondary N) is 1. The highest BCUT2D eigenvalue weighted by Gasteiger charge is 2.10. The van der Waals surface area contributed by atoms with E-state index in [9.17, 15) is 4.79 Å². The summed E-state index contributed by atoms with van der Waals surface area (Å²) in [4.78, 5) is 15.2. The maximum atomic E-state index is 11.0. The maximum absolute atomic E-state index is 11.0. The maximum Gasteiger partial charge on any atom is 0.339 e. The van der Waals surface area contributed by atoms with Gasteiger partial charge in [0.25, 0.3) is 0 Å². The number of carboxylic acids is 1. The van der Waals surface area contributed by atoms with E-state index in [1.807, 2.05) is 12.3 Å². The van der Waals surface area contributed by atoms with Crippen LogP contribution in [0.15, 0.2) is 28.7 Å². The third-order valence-corrected chi connectivity index (χ3v) is 3.31. The molecule has 0 atom stereocenters. The lowest BCUT2D eigenvalue weighted by molar-refractivity contribution is 0.0693. The Kier molecular flexibility index (Phi) is 4.31. The van der Waals surface area contributed by atoms with Gasteiger partial charge < -0.3 is 9.84 Å². The van der Waals surface area contributed by atoms with E-state index in [4.69, 9.17) is 9.84 Å². The fourth-order valence-electron chi connectivity index (χ4n) is 1.53. The zero-order valence-electron chi connectivity index (χ0n) is 11.0. The number of rotatable bonds is 5. The topological polar surface area (TPSA) is 83.8 Å². The molecule has 0 amide bonds. The Morgan fingerprint density at radius 3 is 2.95 bits per heavy atom. The van der Waals surface area contributed by atoms with Crippen LogP contribution in [0.5, 0.6) is 5.75 Å². The van der Waals surface area contributed by atoms with Crippen molar-refractivity contribution in [2.45, 2.75) is 6.92 Å². The smallest absolute Gasteiger partial charge is 0.339 e. The first-order valence-corrected chi connectivity index (χ1v) is 6.60. The summed E-state index contributed by atoms with van der Waals surface area (Å²) in [5.41, 5.74) is 4.59. The molecular weight excluding hydrogens is 278 g/mol. The van der Waals surface area contributed by atoms with Gasteiger partial charge in [-0.3, -0.25) is 5.43 Å². The first kappa shape index (κ1) is 14.0. The molecule has 2 rings (SSSR count). The van der Waals surface area contributed by atoms with Crippen LogP contribution in [0.4, 0.5) is 5.13 Å². The van der Waals surface area contributed by atoms with Gasteiger partial charge in [-0.1, -0.05) is 6.07 Å². The Balaban J connectivity index is 2.11. The number of aryl methyl sites for hydroxylation is 1. The van der Waals surface area contributed by atoms with Crippen molar-refractivity contribution in [3.8, 4) is 5.75 Å². The van der Waals surface area contributed by atoms with Gasteiger partial charge in [0.05, 0.1) is 19.0 Å². The molecule has 0 aliphatic carbocycles. The number of anilines is 1. The summed E-state index contributed by atoms with van der Waals surface area (Å²) < 4.78 is 5.04. The number of hydrogen-bond donors (Lipinski definition) is 2. The zero-order valence-corrected chi connectivity index (χ0v) is 11.8. The number of thiazole rings is 1. The quantitative estimate of drug-likeness (QED) is 0.653. The molecule has 0 radical (unpaired) electrons. The Bertz CT molecular complexity index is 652. The van der Waals surface area contributed by atoms with Crippen molar-refractivity contribution in [2.24, 2.45) is 5.10 Å². The van der Waals surface area contributed by atoms with Crippen LogP contribution in [0.2, 0.25) is 0 Å². The van der Waals surface area contributed by atoms with Gasteiger partial charge in [0.1, 0.15) is 11.3 Å². The number of benzene rings is 1. The van der Waals surface area contributed by atoms with Crippen LogP contribution in [0.25, 0.3) is 0 Å². The van der Waals surface area contributed by atoms with Crippen LogP contribution in [-0.4, -0.2) is 29.4 Å². The highest BCUT2D eigenvalue weighted by molar-refractivity contribution is 7.13. The van der Waals surface area contributed by atoms with Gasteiger partial charge in [-0.2, -0.15) is 5.10 Å². The highest BCUT2D eigenvalue weighted by Crippen LogP contribution is 2.19. The van der Waals surface area contributed by atoms with E-state index in [0.29, 0.717) is 10.9 Å². The summed E-state index contributed by atoms with van der Waals surface area (Å²) in [6.07, 6.45) is 1.57. The second kappa shape index (κ2) is 6.16. The molecule has 1 aromatic carbocycles. The Labute approximate surface area is 119 Å². The zero-order chi connectivity index (χ0) is 14.5. The molecule has 2 aromatic rings. The Morgan fingerprint density at radius 1 is 1.55 bits per heavy atom. The monoisotopic (exact) mass is 291 g/mol. The lowest BCUT2D eigenvalue weighted by Crippen LogP contribution is -2.01. The molecular formula is C13H13N3O3S. The number of carbonyl (C=O) groups is 1. The summed E-state index contributed by atoms with van der Waals surface area (Å²) in [5, 5.41) is 15.6. The number of nitrogens with zero attached hydrogens (tertiary/aromatic N) is 2. The van der Waals surface area contributed by atoms with Crippen molar-refractivity contribution in [3.05, 3.63) is 40.4 Å². The van der Waals surface area contributed by atoms with E-state index in [0.717, 1.165) is 11.3 Å². The second-order valence-corrected chi connectivity index (χ2v) is 4.79. The SMILES string of the molecule is COc1cc(C=NNc2nc(C)cs2)ccc1C(=O)O. The highest BCUT2D eigenvalue weighted by atomic mass is 32.1. The summed E-state index contributed by atoms with van der Waals surface area (Å²) in [6.45, 7) is 1.90. The van der Waals surface area contributed by atoms with Crippen molar-refractivity contribution < 1.29 is 14.6 Å². The predicted octanol–water partition coefficient (Wildman–Crippen LogP) is 2.60. The second-order valence-electron chi connectivity index (χ2n) is 3.93. The molecule has 20 heavy (non-hydrogen) atoms. The van der Waals surface area contributed by atoms with E-state index < -0.39 is 5.97 Å². The number of ether oxygens (including phenoxy) is 1. The summed E-state index contributed by atoms with van der Waals surface area (Å²) in [5.74, 6) is -0.728. The number of aromatic carboxylic acids is 1. The van der Waals surface area contributed by atoms with Gasteiger partial charge in [-0.15, -0.1) is 11.3 Å². The van der Waals surface area contributed by atoms with Gasteiger partial charge in [0, 0.05) is 5.38 Å². The van der Waals surface area contributed by atoms with Gasteiger partial charge in [0.15, 0.2) is 0 Å². The first-order chi connectivity index (χ1) is 9.60. The lowest BCUT2D eigenvalue weighted by Gasteiger charge is -2.05. The van der Waals surface area contributed by atoms with Crippen LogP contribution >= 0.6 is 11.3 Å². The molecule has 6 nitrogen and oxygen atoms in total. The molecule has 1 aromatic heterocycles. The van der Waals surface area contributed by atoms with Crippen LogP contribution in [-0.2, 0) is 0 Å². The number of carboxylic acid groups (broad SMARTS) is 1. The van der Waals surface area contributed by atoms with E-state index >= 15 is 0 Å². The normalized spacial score (nSPS) is 10.7. The molecule has 0 aliphatic rings. The van der Waals surface area contributed by atoms with Gasteiger partial charge in [-0.25, -0.2) is 9.78 Å². The number of aromatic nitrogens is 1. The van der Waals surface area contributed by atoms with Gasteiger partial charge >= 0.3 is 5.97 Å². The molecule has 0 fully saturated rings. The minimum atomic E-state index is -1.03. The molecule has 104 valence electrons. The molecule has 0 saturated carbocycles. The molecule has 7 heteroatoms. The van der Waals surface area contributed by atoms with Crippen molar-refractivity contribution in [1.29, 1.82) is 0 Å². The van der Waals surface area contributed by atoms with Gasteiger partial charge in [-0.05, 0) is 24.6 Å². The van der Waals surface area contributed by atoms with E-state index in [1.54, 1.807) is 18.3 Å². The third-order valence-electron chi connectivity index (χ3n) is 2.45. The molecule has 0 spiro atoms. The predicted molar refractivity (Wildman–Crippen MR) is 78.0 cm³/mol. The Hall–Kier alpha value is -2.41. The summed E-state index contributed by atoms with van der Waals surface area (Å²) >= 11 is 1.46. The minimum absolute atomic E-state index is 0.119. The number of methoxy groups -OCH3 is 1. The average Bonchev–Trinajstić information content (AvgIpc) is 2.84. The fourth-order valence-corrected chi connectivity index (χ4v) is 2.17. The van der Waals surface area contributed by atoms with E-state index in [2.05, 4.69) is 15.5 Å². The van der Waals surface area contributed by atoms with Crippen LogP contribution < -0.4 is 10.2 Å². The minimum Gasteiger partial charge on any atom is -0.496 e. The van der Waals surface area contributed by atoms with Crippen molar-refractivity contribution in [2.75, 3.05) is 12.5 Å². The van der Waals surface area contributed by atoms with Crippen molar-refractivity contribution in [1.82, 2.24) is 4.98 Å². The first-order valence-electron chi connectivity index (χ1n) is 5.72. The fraction of sp³-hybridized carbons (Fsp3) is 0.154. The number of hydrazone groups is 1. The number of hydrogen-bond acceptors (Lipinski definition) is 6. The van der Waals surface area contributed by atoms with E-state index in [-0.39, 0.29) is 5.56 Å².